The summed E-state index contributed by atoms with van der Waals surface area (Å²) in [5, 5.41) is 0. The van der Waals surface area contributed by atoms with Gasteiger partial charge in [0.1, 0.15) is 18.1 Å². The van der Waals surface area contributed by atoms with Crippen LogP contribution in [-0.4, -0.2) is 12.9 Å². The molecule has 0 saturated heterocycles. The van der Waals surface area contributed by atoms with Crippen LogP contribution < -0.4 is 9.47 Å². The maximum Gasteiger partial charge on any atom is 0.185 e. The Morgan fingerprint density at radius 3 is 2.57 bits per heavy atom. The third kappa shape index (κ3) is 5.11. The van der Waals surface area contributed by atoms with Crippen molar-refractivity contribution in [3.05, 3.63) is 99.5 Å². The molecule has 0 spiro atoms. The molecular weight excluding hydrogens is 416 g/mol. The van der Waals surface area contributed by atoms with Crippen LogP contribution in [0.25, 0.3) is 6.08 Å². The quantitative estimate of drug-likeness (QED) is 0.324. The van der Waals surface area contributed by atoms with Crippen LogP contribution in [0.1, 0.15) is 27.0 Å². The molecule has 0 aromatic heterocycles. The standard InChI is InChI=1S/C24H21BrO3/c1-17-6-3-4-9-23(17)28-16-20-14-18(11-13-24(20)27-2)10-12-22(26)19-7-5-8-21(25)15-19/h3-15H,16H2,1-2H3/b12-10+. The molecule has 3 aromatic carbocycles. The average molecular weight is 437 g/mol. The number of benzene rings is 3. The topological polar surface area (TPSA) is 35.5 Å². The van der Waals surface area contributed by atoms with E-state index in [1.54, 1.807) is 25.3 Å². The van der Waals surface area contributed by atoms with Crippen LogP contribution in [0, 0.1) is 6.92 Å². The van der Waals surface area contributed by atoms with E-state index in [0.29, 0.717) is 12.2 Å². The molecule has 4 heteroatoms. The average Bonchev–Trinajstić information content (AvgIpc) is 2.71. The highest BCUT2D eigenvalue weighted by Crippen LogP contribution is 2.24. The highest BCUT2D eigenvalue weighted by Gasteiger charge is 2.07. The SMILES string of the molecule is COc1ccc(/C=C/C(=O)c2cccc(Br)c2)cc1COc1ccccc1C. The molecule has 28 heavy (non-hydrogen) atoms. The first-order valence-electron chi connectivity index (χ1n) is 8.90. The van der Waals surface area contributed by atoms with Crippen molar-refractivity contribution in [1.82, 2.24) is 0 Å². The zero-order valence-electron chi connectivity index (χ0n) is 15.8. The maximum atomic E-state index is 12.4. The van der Waals surface area contributed by atoms with Crippen molar-refractivity contribution in [2.75, 3.05) is 7.11 Å². The van der Waals surface area contributed by atoms with Gasteiger partial charge < -0.3 is 9.47 Å². The number of allylic oxidation sites excluding steroid dienone is 1. The zero-order chi connectivity index (χ0) is 19.9. The molecule has 3 nitrogen and oxygen atoms in total. The summed E-state index contributed by atoms with van der Waals surface area (Å²) in [4.78, 5) is 12.4. The van der Waals surface area contributed by atoms with Gasteiger partial charge in [0.15, 0.2) is 5.78 Å². The largest absolute Gasteiger partial charge is 0.496 e. The third-order valence-corrected chi connectivity index (χ3v) is 4.81. The van der Waals surface area contributed by atoms with Gasteiger partial charge in [0, 0.05) is 15.6 Å². The van der Waals surface area contributed by atoms with Gasteiger partial charge in [-0.25, -0.2) is 0 Å². The fourth-order valence-corrected chi connectivity index (χ4v) is 3.20. The van der Waals surface area contributed by atoms with Gasteiger partial charge in [0.25, 0.3) is 0 Å². The van der Waals surface area contributed by atoms with E-state index in [0.717, 1.165) is 32.7 Å². The monoisotopic (exact) mass is 436 g/mol. The second-order valence-corrected chi connectivity index (χ2v) is 7.25. The molecule has 142 valence electrons. The fourth-order valence-electron chi connectivity index (χ4n) is 2.80. The third-order valence-electron chi connectivity index (χ3n) is 4.32. The van der Waals surface area contributed by atoms with E-state index in [2.05, 4.69) is 15.9 Å². The number of carbonyl (C=O) groups excluding carboxylic acids is 1. The smallest absolute Gasteiger partial charge is 0.185 e. The van der Waals surface area contributed by atoms with E-state index in [1.165, 1.54) is 0 Å². The molecule has 0 atom stereocenters. The Morgan fingerprint density at radius 2 is 1.82 bits per heavy atom. The van der Waals surface area contributed by atoms with Gasteiger partial charge in [-0.05, 0) is 54.5 Å². The molecule has 0 heterocycles. The van der Waals surface area contributed by atoms with Gasteiger partial charge in [-0.15, -0.1) is 0 Å². The first-order valence-corrected chi connectivity index (χ1v) is 9.69. The summed E-state index contributed by atoms with van der Waals surface area (Å²) in [5.74, 6) is 1.55. The van der Waals surface area contributed by atoms with Gasteiger partial charge in [0.05, 0.1) is 7.11 Å². The number of rotatable bonds is 7. The van der Waals surface area contributed by atoms with Crippen molar-refractivity contribution >= 4 is 27.8 Å². The second kappa shape index (κ2) is 9.38. The van der Waals surface area contributed by atoms with Gasteiger partial charge in [0.2, 0.25) is 0 Å². The molecule has 0 unspecified atom stereocenters. The summed E-state index contributed by atoms with van der Waals surface area (Å²) in [6.07, 6.45) is 3.38. The molecule has 0 aliphatic rings. The first kappa shape index (κ1) is 19.9. The van der Waals surface area contributed by atoms with E-state index in [9.17, 15) is 4.79 Å². The van der Waals surface area contributed by atoms with Crippen LogP contribution in [-0.2, 0) is 6.61 Å². The normalized spacial score (nSPS) is 10.8. The number of para-hydroxylation sites is 1. The summed E-state index contributed by atoms with van der Waals surface area (Å²) in [5.41, 5.74) is 3.55. The predicted octanol–water partition coefficient (Wildman–Crippen LogP) is 6.24. The minimum Gasteiger partial charge on any atom is -0.496 e. The Labute approximate surface area is 173 Å². The van der Waals surface area contributed by atoms with Crippen molar-refractivity contribution in [3.8, 4) is 11.5 Å². The van der Waals surface area contributed by atoms with Crippen molar-refractivity contribution < 1.29 is 14.3 Å². The Balaban J connectivity index is 1.76. The molecule has 0 N–H and O–H groups in total. The van der Waals surface area contributed by atoms with Gasteiger partial charge >= 0.3 is 0 Å². The van der Waals surface area contributed by atoms with Gasteiger partial charge in [-0.3, -0.25) is 4.79 Å². The zero-order valence-corrected chi connectivity index (χ0v) is 17.4. The van der Waals surface area contributed by atoms with E-state index in [4.69, 9.17) is 9.47 Å². The Bertz CT molecular complexity index is 1010. The molecule has 0 aliphatic heterocycles. The van der Waals surface area contributed by atoms with E-state index in [1.807, 2.05) is 67.6 Å². The van der Waals surface area contributed by atoms with Crippen molar-refractivity contribution in [3.63, 3.8) is 0 Å². The molecule has 3 aromatic rings. The van der Waals surface area contributed by atoms with Crippen LogP contribution in [0.3, 0.4) is 0 Å². The van der Waals surface area contributed by atoms with Crippen LogP contribution in [0.2, 0.25) is 0 Å². The summed E-state index contributed by atoms with van der Waals surface area (Å²) in [7, 11) is 1.64. The minimum absolute atomic E-state index is 0.0465. The second-order valence-electron chi connectivity index (χ2n) is 6.33. The highest BCUT2D eigenvalue weighted by molar-refractivity contribution is 9.10. The lowest BCUT2D eigenvalue weighted by molar-refractivity contribution is 0.104. The molecule has 0 bridgehead atoms. The van der Waals surface area contributed by atoms with Crippen LogP contribution >= 0.6 is 15.9 Å². The molecule has 0 amide bonds. The molecule has 0 saturated carbocycles. The van der Waals surface area contributed by atoms with Crippen molar-refractivity contribution in [2.24, 2.45) is 0 Å². The molecule has 3 rings (SSSR count). The van der Waals surface area contributed by atoms with Gasteiger partial charge in [-0.1, -0.05) is 58.4 Å². The molecule has 0 radical (unpaired) electrons. The highest BCUT2D eigenvalue weighted by atomic mass is 79.9. The first-order chi connectivity index (χ1) is 13.6. The number of aryl methyl sites for hydroxylation is 1. The van der Waals surface area contributed by atoms with E-state index in [-0.39, 0.29) is 5.78 Å². The van der Waals surface area contributed by atoms with Crippen LogP contribution in [0.4, 0.5) is 0 Å². The lowest BCUT2D eigenvalue weighted by Gasteiger charge is -2.12. The summed E-state index contributed by atoms with van der Waals surface area (Å²) in [6.45, 7) is 2.40. The molecule has 0 fully saturated rings. The fraction of sp³-hybridized carbons (Fsp3) is 0.125. The maximum absolute atomic E-state index is 12.4. The minimum atomic E-state index is -0.0465. The van der Waals surface area contributed by atoms with E-state index < -0.39 is 0 Å². The molecular formula is C24H21BrO3. The number of ketones is 1. The number of carbonyl (C=O) groups is 1. The summed E-state index contributed by atoms with van der Waals surface area (Å²) < 4.78 is 12.3. The molecule has 0 aliphatic carbocycles. The van der Waals surface area contributed by atoms with Crippen molar-refractivity contribution in [2.45, 2.75) is 13.5 Å². The Kier molecular flexibility index (Phi) is 6.66. The van der Waals surface area contributed by atoms with Gasteiger partial charge in [-0.2, -0.15) is 0 Å². The number of hydrogen-bond acceptors (Lipinski definition) is 3. The van der Waals surface area contributed by atoms with Crippen LogP contribution in [0.15, 0.2) is 77.3 Å². The number of halogens is 1. The Hall–Kier alpha value is -2.85. The van der Waals surface area contributed by atoms with E-state index >= 15 is 0 Å². The summed E-state index contributed by atoms with van der Waals surface area (Å²) >= 11 is 3.39. The lowest BCUT2D eigenvalue weighted by Crippen LogP contribution is -2.00. The van der Waals surface area contributed by atoms with Crippen LogP contribution in [0.5, 0.6) is 11.5 Å². The van der Waals surface area contributed by atoms with Crippen molar-refractivity contribution in [1.29, 1.82) is 0 Å². The number of ether oxygens (including phenoxy) is 2. The Morgan fingerprint density at radius 1 is 1.00 bits per heavy atom. The predicted molar refractivity (Wildman–Crippen MR) is 116 cm³/mol. The number of methoxy groups -OCH3 is 1. The lowest BCUT2D eigenvalue weighted by atomic mass is 10.1. The number of hydrogen-bond donors (Lipinski definition) is 0. The summed E-state index contributed by atoms with van der Waals surface area (Å²) in [6, 6.07) is 21.0.